The maximum Gasteiger partial charge on any atom is 0.223 e. The molecule has 4 fully saturated rings. The lowest BCUT2D eigenvalue weighted by atomic mass is 9.42. The Kier molecular flexibility index (Phi) is 8.41. The number of hydrazine groups is 1. The highest BCUT2D eigenvalue weighted by Gasteiger charge is 2.57. The number of nitrogens with one attached hydrogen (secondary N) is 1. The normalized spacial score (nSPS) is 26.1. The molecule has 3 aliphatic carbocycles. The number of rotatable bonds is 5. The van der Waals surface area contributed by atoms with Crippen LogP contribution in [-0.2, 0) is 21.5 Å². The van der Waals surface area contributed by atoms with Gasteiger partial charge in [0.25, 0.3) is 0 Å². The highest BCUT2D eigenvalue weighted by Crippen LogP contribution is 2.65. The first kappa shape index (κ1) is 24.3. The molecule has 1 unspecified atom stereocenters. The van der Waals surface area contributed by atoms with Crippen LogP contribution in [0.3, 0.4) is 0 Å². The van der Waals surface area contributed by atoms with E-state index in [-0.39, 0.29) is 17.4 Å². The number of nitrogens with two attached hydrogens (primary N) is 2. The number of aliphatic hydroxyl groups is 1. The number of carbonyl (C=O) groups is 2. The molecule has 6 N–H and O–H groups in total. The average molecular weight is 419 g/mol. The van der Waals surface area contributed by atoms with Gasteiger partial charge in [0.2, 0.25) is 12.3 Å². The van der Waals surface area contributed by atoms with Crippen LogP contribution in [0.5, 0.6) is 0 Å². The summed E-state index contributed by atoms with van der Waals surface area (Å²) in [7, 11) is 0. The Morgan fingerprint density at radius 3 is 2.23 bits per heavy atom. The highest BCUT2D eigenvalue weighted by molar-refractivity contribution is 5.77. The predicted molar refractivity (Wildman–Crippen MR) is 118 cm³/mol. The number of hydrogen-bond acceptors (Lipinski definition) is 5. The maximum absolute atomic E-state index is 11.6. The second kappa shape index (κ2) is 10.4. The third-order valence-corrected chi connectivity index (χ3v) is 6.19. The number of aliphatic hydroxyl groups excluding tert-OH is 1. The summed E-state index contributed by atoms with van der Waals surface area (Å²) in [5.74, 6) is 9.20. The fourth-order valence-electron chi connectivity index (χ4n) is 4.50. The Bertz CT molecular complexity index is 682. The van der Waals surface area contributed by atoms with E-state index >= 15 is 0 Å². The van der Waals surface area contributed by atoms with Crippen molar-refractivity contribution in [3.63, 3.8) is 0 Å². The van der Waals surface area contributed by atoms with E-state index in [1.54, 1.807) is 4.90 Å². The van der Waals surface area contributed by atoms with Crippen LogP contribution < -0.4 is 17.0 Å². The van der Waals surface area contributed by atoms with Crippen LogP contribution in [0, 0.1) is 11.3 Å². The van der Waals surface area contributed by atoms with Crippen molar-refractivity contribution in [3.05, 3.63) is 35.4 Å². The Labute approximate surface area is 180 Å². The van der Waals surface area contributed by atoms with Crippen LogP contribution in [0.25, 0.3) is 0 Å². The number of amides is 2. The van der Waals surface area contributed by atoms with Gasteiger partial charge in [-0.05, 0) is 53.6 Å². The number of benzene rings is 1. The van der Waals surface area contributed by atoms with Gasteiger partial charge in [-0.2, -0.15) is 0 Å². The average Bonchev–Trinajstić information content (AvgIpc) is 3.06. The summed E-state index contributed by atoms with van der Waals surface area (Å²) >= 11 is 0. The van der Waals surface area contributed by atoms with Gasteiger partial charge in [0, 0.05) is 26.1 Å². The molecule has 168 valence electrons. The second-order valence-corrected chi connectivity index (χ2v) is 9.97. The summed E-state index contributed by atoms with van der Waals surface area (Å²) in [4.78, 5) is 23.5. The van der Waals surface area contributed by atoms with Crippen molar-refractivity contribution < 1.29 is 14.7 Å². The predicted octanol–water partition coefficient (Wildman–Crippen LogP) is 1.82. The molecule has 0 radical (unpaired) electrons. The van der Waals surface area contributed by atoms with E-state index in [2.05, 4.69) is 62.0 Å². The molecular formula is C23H38N4O3. The molecule has 7 nitrogen and oxygen atoms in total. The number of likely N-dealkylation sites (tertiary alicyclic amines) is 1. The van der Waals surface area contributed by atoms with E-state index in [4.69, 9.17) is 0 Å². The first-order valence-corrected chi connectivity index (χ1v) is 10.8. The first-order chi connectivity index (χ1) is 14.2. The van der Waals surface area contributed by atoms with E-state index in [1.165, 1.54) is 30.4 Å². The van der Waals surface area contributed by atoms with Crippen molar-refractivity contribution in [1.29, 1.82) is 0 Å². The summed E-state index contributed by atoms with van der Waals surface area (Å²) in [5, 5.41) is 11.9. The van der Waals surface area contributed by atoms with Crippen molar-refractivity contribution in [2.45, 2.75) is 70.9 Å². The lowest BCUT2D eigenvalue weighted by Gasteiger charge is -2.62. The summed E-state index contributed by atoms with van der Waals surface area (Å²) < 4.78 is 0. The minimum Gasteiger partial charge on any atom is -0.391 e. The van der Waals surface area contributed by atoms with E-state index < -0.39 is 0 Å². The van der Waals surface area contributed by atoms with Crippen molar-refractivity contribution in [2.24, 2.45) is 23.0 Å². The number of hydrogen-bond donors (Lipinski definition) is 4. The molecule has 1 aliphatic heterocycles. The molecule has 3 saturated carbocycles. The van der Waals surface area contributed by atoms with Crippen molar-refractivity contribution in [1.82, 2.24) is 10.2 Å². The van der Waals surface area contributed by atoms with E-state index in [0.717, 1.165) is 25.3 Å². The van der Waals surface area contributed by atoms with E-state index in [1.807, 2.05) is 0 Å². The molecule has 1 atom stereocenters. The molecule has 1 aromatic rings. The quantitative estimate of drug-likeness (QED) is 0.330. The van der Waals surface area contributed by atoms with Gasteiger partial charge in [0.15, 0.2) is 0 Å². The molecule has 5 rings (SSSR count). The Balaban J connectivity index is 0.000000200. The van der Waals surface area contributed by atoms with Gasteiger partial charge in [-0.1, -0.05) is 45.0 Å². The number of carbonyl (C=O) groups excluding carboxylic acids is 2. The van der Waals surface area contributed by atoms with E-state index in [9.17, 15) is 14.7 Å². The molecular weight excluding hydrogens is 380 g/mol. The third-order valence-electron chi connectivity index (χ3n) is 6.19. The fraction of sp³-hybridized carbons (Fsp3) is 0.652. The van der Waals surface area contributed by atoms with Crippen LogP contribution in [0.2, 0.25) is 0 Å². The zero-order chi connectivity index (χ0) is 22.4. The molecule has 4 aliphatic rings. The van der Waals surface area contributed by atoms with Crippen LogP contribution >= 0.6 is 0 Å². The molecule has 7 heteroatoms. The molecule has 1 saturated heterocycles. The molecule has 2 bridgehead atoms. The second-order valence-electron chi connectivity index (χ2n) is 9.97. The Morgan fingerprint density at radius 1 is 1.23 bits per heavy atom. The first-order valence-electron chi connectivity index (χ1n) is 10.8. The smallest absolute Gasteiger partial charge is 0.223 e. The molecule has 0 aromatic heterocycles. The fourth-order valence-corrected chi connectivity index (χ4v) is 4.50. The summed E-state index contributed by atoms with van der Waals surface area (Å²) in [6, 6.07) is 8.73. The van der Waals surface area contributed by atoms with Gasteiger partial charge < -0.3 is 15.3 Å². The topological polar surface area (TPSA) is 122 Å². The lowest BCUT2D eigenvalue weighted by molar-refractivity contribution is -0.132. The summed E-state index contributed by atoms with van der Waals surface area (Å²) in [6.07, 6.45) is 5.95. The third kappa shape index (κ3) is 6.27. The zero-order valence-corrected chi connectivity index (χ0v) is 18.6. The Hall–Kier alpha value is -1.96. The monoisotopic (exact) mass is 418 g/mol. The summed E-state index contributed by atoms with van der Waals surface area (Å²) in [6.45, 7) is 8.04. The maximum atomic E-state index is 11.6. The lowest BCUT2D eigenvalue weighted by Crippen LogP contribution is -2.55. The van der Waals surface area contributed by atoms with Gasteiger partial charge in [0.05, 0.1) is 6.10 Å². The van der Waals surface area contributed by atoms with E-state index in [0.29, 0.717) is 24.9 Å². The largest absolute Gasteiger partial charge is 0.391 e. The van der Waals surface area contributed by atoms with Gasteiger partial charge in [-0.25, -0.2) is 0 Å². The summed E-state index contributed by atoms with van der Waals surface area (Å²) in [5.41, 5.74) is 3.28. The van der Waals surface area contributed by atoms with Crippen LogP contribution in [-0.4, -0.2) is 41.5 Å². The minimum atomic E-state index is -0.302. The SMILES string of the molecule is CC(C)(C)CC(=O)N1CCC(O)C1.NN.O=CNCc1ccc(C23CC(C2)C3)cc1. The van der Waals surface area contributed by atoms with Crippen LogP contribution in [0.15, 0.2) is 24.3 Å². The number of β-amino-alcohol motifs (C(OH)–C–C–N with tert-alkyl or cyclic N) is 1. The number of nitrogens with zero attached hydrogens (tertiary/aromatic N) is 1. The molecule has 2 amide bonds. The van der Waals surface area contributed by atoms with Crippen molar-refractivity contribution >= 4 is 12.3 Å². The standard InChI is InChI=1S/C13H15NO.C10H19NO2.H4N2/c15-9-14-8-10-1-3-12(4-2-10)13-5-11(6-13)7-13;1-10(2,3)6-9(13)11-5-4-8(12)7-11;1-2/h1-4,9,11H,5-8H2,(H,14,15);8,12H,4-7H2,1-3H3;1-2H2. The van der Waals surface area contributed by atoms with Crippen LogP contribution in [0.4, 0.5) is 0 Å². The molecule has 1 heterocycles. The Morgan fingerprint density at radius 2 is 1.83 bits per heavy atom. The van der Waals surface area contributed by atoms with Crippen molar-refractivity contribution in [3.8, 4) is 0 Å². The van der Waals surface area contributed by atoms with Crippen LogP contribution in [0.1, 0.15) is 64.0 Å². The minimum absolute atomic E-state index is 0.0463. The van der Waals surface area contributed by atoms with Gasteiger partial charge in [-0.15, -0.1) is 0 Å². The molecule has 0 spiro atoms. The highest BCUT2D eigenvalue weighted by atomic mass is 16.3. The van der Waals surface area contributed by atoms with Crippen molar-refractivity contribution in [2.75, 3.05) is 13.1 Å². The van der Waals surface area contributed by atoms with Gasteiger partial charge >= 0.3 is 0 Å². The molecule has 30 heavy (non-hydrogen) atoms. The zero-order valence-electron chi connectivity index (χ0n) is 18.6. The van der Waals surface area contributed by atoms with Gasteiger partial charge in [-0.3, -0.25) is 21.3 Å². The van der Waals surface area contributed by atoms with Gasteiger partial charge in [0.1, 0.15) is 0 Å². The molecule has 1 aromatic carbocycles.